The van der Waals surface area contributed by atoms with Crippen LogP contribution in [0.4, 0.5) is 0 Å². The van der Waals surface area contributed by atoms with Gasteiger partial charge in [0, 0.05) is 6.42 Å². The predicted molar refractivity (Wildman–Crippen MR) is 58.7 cm³/mol. The van der Waals surface area contributed by atoms with Crippen molar-refractivity contribution in [3.63, 3.8) is 0 Å². The molecule has 0 aliphatic heterocycles. The van der Waals surface area contributed by atoms with Gasteiger partial charge in [-0.1, -0.05) is 0 Å². The van der Waals surface area contributed by atoms with Gasteiger partial charge in [0.05, 0.1) is 5.60 Å². The van der Waals surface area contributed by atoms with E-state index in [2.05, 4.69) is 12.2 Å². The molecule has 1 saturated carbocycles. The Balaban J connectivity index is 2.34. The summed E-state index contributed by atoms with van der Waals surface area (Å²) < 4.78 is 0. The van der Waals surface area contributed by atoms with E-state index in [1.165, 1.54) is 5.75 Å². The Kier molecular flexibility index (Phi) is 4.15. The smallest absolute Gasteiger partial charge is 0.0756 e. The zero-order valence-corrected chi connectivity index (χ0v) is 9.07. The maximum absolute atomic E-state index is 10.0. The van der Waals surface area contributed by atoms with Crippen molar-refractivity contribution < 1.29 is 5.11 Å². The molecule has 0 aromatic rings. The van der Waals surface area contributed by atoms with Crippen molar-refractivity contribution in [2.24, 2.45) is 5.92 Å². The maximum atomic E-state index is 10.0. The van der Waals surface area contributed by atoms with Crippen LogP contribution in [-0.4, -0.2) is 22.7 Å². The zero-order valence-electron chi connectivity index (χ0n) is 8.25. The third-order valence-electron chi connectivity index (χ3n) is 2.87. The van der Waals surface area contributed by atoms with E-state index in [-0.39, 0.29) is 0 Å². The number of hydrogen-bond acceptors (Lipinski definition) is 2. The fraction of sp³-hybridized carbons (Fsp3) is 0.818. The summed E-state index contributed by atoms with van der Waals surface area (Å²) >= 11 is 1.90. The van der Waals surface area contributed by atoms with Crippen molar-refractivity contribution in [1.82, 2.24) is 0 Å². The first kappa shape index (κ1) is 10.9. The summed E-state index contributed by atoms with van der Waals surface area (Å²) in [5.41, 5.74) is -0.538. The number of thioether (sulfide) groups is 1. The molecule has 0 spiro atoms. The first-order chi connectivity index (χ1) is 6.20. The molecule has 0 aromatic carbocycles. The second-order valence-corrected chi connectivity index (χ2v) is 4.91. The average molecular weight is 198 g/mol. The largest absolute Gasteiger partial charge is 0.389 e. The Labute approximate surface area is 85.3 Å². The predicted octanol–water partition coefficient (Wildman–Crippen LogP) is 2.29. The summed E-state index contributed by atoms with van der Waals surface area (Å²) in [6.45, 7) is 0. The molecule has 0 radical (unpaired) electrons. The van der Waals surface area contributed by atoms with E-state index in [0.717, 1.165) is 31.6 Å². The number of aliphatic hydroxyl groups is 1. The van der Waals surface area contributed by atoms with Gasteiger partial charge in [0.25, 0.3) is 0 Å². The van der Waals surface area contributed by atoms with Gasteiger partial charge in [0.15, 0.2) is 0 Å². The van der Waals surface area contributed by atoms with Crippen LogP contribution in [0.5, 0.6) is 0 Å². The van der Waals surface area contributed by atoms with Crippen LogP contribution in [0.15, 0.2) is 0 Å². The standard InChI is InChI=1S/C11H18OS/c1-3-6-11(12)7-4-10(5-8-11)9-13-2/h1,10,12H,4-9H2,2H3. The topological polar surface area (TPSA) is 20.2 Å². The number of hydrogen-bond donors (Lipinski definition) is 1. The Morgan fingerprint density at radius 3 is 2.62 bits per heavy atom. The van der Waals surface area contributed by atoms with Gasteiger partial charge in [-0.05, 0) is 43.6 Å². The molecular formula is C11H18OS. The summed E-state index contributed by atoms with van der Waals surface area (Å²) in [6, 6.07) is 0. The minimum absolute atomic E-state index is 0.527. The molecule has 1 rings (SSSR count). The van der Waals surface area contributed by atoms with Gasteiger partial charge in [0.1, 0.15) is 0 Å². The molecule has 13 heavy (non-hydrogen) atoms. The molecule has 0 unspecified atom stereocenters. The lowest BCUT2D eigenvalue weighted by Crippen LogP contribution is -2.34. The number of terminal acetylenes is 1. The van der Waals surface area contributed by atoms with Crippen molar-refractivity contribution in [1.29, 1.82) is 0 Å². The van der Waals surface area contributed by atoms with E-state index in [0.29, 0.717) is 6.42 Å². The molecule has 1 nitrogen and oxygen atoms in total. The molecule has 0 heterocycles. The van der Waals surface area contributed by atoms with E-state index >= 15 is 0 Å². The average Bonchev–Trinajstić information content (AvgIpc) is 2.10. The summed E-state index contributed by atoms with van der Waals surface area (Å²) in [7, 11) is 0. The summed E-state index contributed by atoms with van der Waals surface area (Å²) in [6.07, 6.45) is 12.0. The lowest BCUT2D eigenvalue weighted by Gasteiger charge is -2.34. The minimum atomic E-state index is -0.538. The lowest BCUT2D eigenvalue weighted by molar-refractivity contribution is -0.00184. The second-order valence-electron chi connectivity index (χ2n) is 4.00. The van der Waals surface area contributed by atoms with E-state index < -0.39 is 5.60 Å². The van der Waals surface area contributed by atoms with E-state index in [1.807, 2.05) is 11.8 Å². The summed E-state index contributed by atoms with van der Waals surface area (Å²) in [5.74, 6) is 4.60. The van der Waals surface area contributed by atoms with Gasteiger partial charge >= 0.3 is 0 Å². The Hall–Kier alpha value is -0.130. The van der Waals surface area contributed by atoms with Crippen LogP contribution >= 0.6 is 11.8 Å². The molecule has 1 aliphatic rings. The highest BCUT2D eigenvalue weighted by molar-refractivity contribution is 7.98. The molecular weight excluding hydrogens is 180 g/mol. The lowest BCUT2D eigenvalue weighted by atomic mass is 9.78. The first-order valence-corrected chi connectivity index (χ1v) is 6.24. The first-order valence-electron chi connectivity index (χ1n) is 4.85. The highest BCUT2D eigenvalue weighted by atomic mass is 32.2. The van der Waals surface area contributed by atoms with Gasteiger partial charge in [0.2, 0.25) is 0 Å². The molecule has 1 aliphatic carbocycles. The van der Waals surface area contributed by atoms with Crippen molar-refractivity contribution in [2.75, 3.05) is 12.0 Å². The highest BCUT2D eigenvalue weighted by Crippen LogP contribution is 2.35. The van der Waals surface area contributed by atoms with Crippen LogP contribution in [0.3, 0.4) is 0 Å². The van der Waals surface area contributed by atoms with Gasteiger partial charge in [-0.3, -0.25) is 0 Å². The summed E-state index contributed by atoms with van der Waals surface area (Å²) in [5, 5.41) is 10.0. The molecule has 0 atom stereocenters. The van der Waals surface area contributed by atoms with Crippen LogP contribution < -0.4 is 0 Å². The monoisotopic (exact) mass is 198 g/mol. The molecule has 0 saturated heterocycles. The summed E-state index contributed by atoms with van der Waals surface area (Å²) in [4.78, 5) is 0. The van der Waals surface area contributed by atoms with Crippen molar-refractivity contribution >= 4 is 11.8 Å². The van der Waals surface area contributed by atoms with Gasteiger partial charge < -0.3 is 5.11 Å². The Morgan fingerprint density at radius 1 is 1.54 bits per heavy atom. The normalized spacial score (nSPS) is 34.1. The molecule has 2 heteroatoms. The quantitative estimate of drug-likeness (QED) is 0.702. The van der Waals surface area contributed by atoms with Crippen LogP contribution in [0.2, 0.25) is 0 Å². The van der Waals surface area contributed by atoms with Crippen molar-refractivity contribution in [3.8, 4) is 12.3 Å². The molecule has 1 fully saturated rings. The number of rotatable bonds is 3. The SMILES string of the molecule is C#CCC1(O)CCC(CSC)CC1. The molecule has 0 bridgehead atoms. The molecule has 0 aromatic heterocycles. The van der Waals surface area contributed by atoms with Crippen molar-refractivity contribution in [3.05, 3.63) is 0 Å². The van der Waals surface area contributed by atoms with Crippen molar-refractivity contribution in [2.45, 2.75) is 37.7 Å². The minimum Gasteiger partial charge on any atom is -0.389 e. The molecule has 0 amide bonds. The van der Waals surface area contributed by atoms with Gasteiger partial charge in [-0.15, -0.1) is 12.3 Å². The van der Waals surface area contributed by atoms with E-state index in [9.17, 15) is 5.11 Å². The molecule has 1 N–H and O–H groups in total. The second kappa shape index (κ2) is 4.93. The maximum Gasteiger partial charge on any atom is 0.0756 e. The van der Waals surface area contributed by atoms with Crippen LogP contribution in [0.25, 0.3) is 0 Å². The zero-order chi connectivity index (χ0) is 9.73. The van der Waals surface area contributed by atoms with Crippen LogP contribution in [0, 0.1) is 18.3 Å². The Bertz CT molecular complexity index is 187. The third kappa shape index (κ3) is 3.25. The van der Waals surface area contributed by atoms with E-state index in [1.54, 1.807) is 0 Å². The van der Waals surface area contributed by atoms with Gasteiger partial charge in [-0.2, -0.15) is 11.8 Å². The fourth-order valence-electron chi connectivity index (χ4n) is 1.98. The van der Waals surface area contributed by atoms with E-state index in [4.69, 9.17) is 6.42 Å². The highest BCUT2D eigenvalue weighted by Gasteiger charge is 2.31. The molecule has 74 valence electrons. The Morgan fingerprint density at radius 2 is 2.15 bits per heavy atom. The fourth-order valence-corrected chi connectivity index (χ4v) is 2.79. The third-order valence-corrected chi connectivity index (χ3v) is 3.67. The van der Waals surface area contributed by atoms with Gasteiger partial charge in [-0.25, -0.2) is 0 Å². The van der Waals surface area contributed by atoms with Crippen LogP contribution in [-0.2, 0) is 0 Å². The van der Waals surface area contributed by atoms with Crippen LogP contribution in [0.1, 0.15) is 32.1 Å².